The summed E-state index contributed by atoms with van der Waals surface area (Å²) in [5, 5.41) is 1.07. The molecular weight excluding hydrogens is 352 g/mol. The molecule has 2 N–H and O–H groups in total. The molecule has 0 aliphatic rings. The molecule has 3 rings (SSSR count). The molecule has 1 aromatic heterocycles. The minimum atomic E-state index is -3.49. The van der Waals surface area contributed by atoms with Gasteiger partial charge in [0.25, 0.3) is 0 Å². The zero-order chi connectivity index (χ0) is 14.9. The molecule has 0 saturated heterocycles. The highest BCUT2D eigenvalue weighted by Crippen LogP contribution is 2.17. The van der Waals surface area contributed by atoms with Crippen molar-refractivity contribution in [1.29, 1.82) is 0 Å². The van der Waals surface area contributed by atoms with Crippen molar-refractivity contribution in [3.63, 3.8) is 0 Å². The van der Waals surface area contributed by atoms with Gasteiger partial charge in [-0.25, -0.2) is 13.1 Å². The van der Waals surface area contributed by atoms with Crippen LogP contribution in [0.5, 0.6) is 0 Å². The Morgan fingerprint density at radius 3 is 2.57 bits per heavy atom. The molecule has 2 aromatic carbocycles. The first-order valence-corrected chi connectivity index (χ1v) is 8.63. The van der Waals surface area contributed by atoms with E-state index in [0.717, 1.165) is 20.9 Å². The lowest BCUT2D eigenvalue weighted by molar-refractivity contribution is 0.581. The smallest absolute Gasteiger partial charge is 0.240 e. The van der Waals surface area contributed by atoms with Crippen molar-refractivity contribution in [2.75, 3.05) is 0 Å². The van der Waals surface area contributed by atoms with Crippen molar-refractivity contribution in [3.05, 3.63) is 64.8 Å². The first-order valence-electron chi connectivity index (χ1n) is 6.36. The van der Waals surface area contributed by atoms with Crippen LogP contribution in [-0.4, -0.2) is 13.4 Å². The molecule has 3 aromatic rings. The summed E-state index contributed by atoms with van der Waals surface area (Å²) in [5.41, 5.74) is 1.96. The third-order valence-corrected chi connectivity index (χ3v) is 5.15. The van der Waals surface area contributed by atoms with Gasteiger partial charge in [0.1, 0.15) is 0 Å². The molecule has 0 saturated carbocycles. The third-order valence-electron chi connectivity index (χ3n) is 3.21. The fourth-order valence-corrected chi connectivity index (χ4v) is 3.37. The van der Waals surface area contributed by atoms with E-state index in [1.54, 1.807) is 24.3 Å². The number of nitrogens with one attached hydrogen (secondary N) is 2. The standard InChI is InChI=1S/C15H13BrN2O2S/c16-13-2-4-14(5-3-13)21(19,20)18-10-11-1-6-15-12(9-11)7-8-17-15/h1-9,17-18H,10H2. The Hall–Kier alpha value is -1.63. The molecule has 4 nitrogen and oxygen atoms in total. The summed E-state index contributed by atoms with van der Waals surface area (Å²) >= 11 is 3.29. The van der Waals surface area contributed by atoms with Gasteiger partial charge < -0.3 is 4.98 Å². The molecule has 21 heavy (non-hydrogen) atoms. The van der Waals surface area contributed by atoms with Gasteiger partial charge >= 0.3 is 0 Å². The highest BCUT2D eigenvalue weighted by molar-refractivity contribution is 9.10. The number of hydrogen-bond acceptors (Lipinski definition) is 2. The maximum atomic E-state index is 12.2. The van der Waals surface area contributed by atoms with E-state index >= 15 is 0 Å². The van der Waals surface area contributed by atoms with E-state index in [1.165, 1.54) is 0 Å². The van der Waals surface area contributed by atoms with Crippen LogP contribution in [0.3, 0.4) is 0 Å². The van der Waals surface area contributed by atoms with Crippen molar-refractivity contribution < 1.29 is 8.42 Å². The second-order valence-corrected chi connectivity index (χ2v) is 7.36. The lowest BCUT2D eigenvalue weighted by atomic mass is 10.1. The van der Waals surface area contributed by atoms with Crippen molar-refractivity contribution >= 4 is 36.9 Å². The molecule has 0 atom stereocenters. The normalized spacial score (nSPS) is 11.9. The molecule has 0 fully saturated rings. The van der Waals surface area contributed by atoms with Crippen molar-refractivity contribution in [2.45, 2.75) is 11.4 Å². The highest BCUT2D eigenvalue weighted by Gasteiger charge is 2.13. The van der Waals surface area contributed by atoms with Crippen molar-refractivity contribution in [1.82, 2.24) is 9.71 Å². The Labute approximate surface area is 131 Å². The topological polar surface area (TPSA) is 62.0 Å². The van der Waals surface area contributed by atoms with Gasteiger partial charge in [-0.2, -0.15) is 0 Å². The Bertz CT molecular complexity index is 870. The number of fused-ring (bicyclic) bond motifs is 1. The van der Waals surface area contributed by atoms with Gasteiger partial charge in [-0.3, -0.25) is 0 Å². The fourth-order valence-electron chi connectivity index (χ4n) is 2.09. The van der Waals surface area contributed by atoms with Gasteiger partial charge in [0.15, 0.2) is 0 Å². The minimum Gasteiger partial charge on any atom is -0.361 e. The van der Waals surface area contributed by atoms with Gasteiger partial charge in [0, 0.05) is 22.7 Å². The predicted molar refractivity (Wildman–Crippen MR) is 86.5 cm³/mol. The average molecular weight is 365 g/mol. The number of benzene rings is 2. The van der Waals surface area contributed by atoms with Crippen LogP contribution in [0.4, 0.5) is 0 Å². The molecule has 0 radical (unpaired) electrons. The summed E-state index contributed by atoms with van der Waals surface area (Å²) in [6.45, 7) is 0.263. The van der Waals surface area contributed by atoms with Gasteiger partial charge in [-0.05, 0) is 53.4 Å². The van der Waals surface area contributed by atoms with Gasteiger partial charge in [-0.15, -0.1) is 0 Å². The van der Waals surface area contributed by atoms with Crippen LogP contribution in [0.2, 0.25) is 0 Å². The summed E-state index contributed by atoms with van der Waals surface area (Å²) in [5.74, 6) is 0. The van der Waals surface area contributed by atoms with E-state index in [4.69, 9.17) is 0 Å². The molecule has 0 bridgehead atoms. The summed E-state index contributed by atoms with van der Waals surface area (Å²) in [7, 11) is -3.49. The summed E-state index contributed by atoms with van der Waals surface area (Å²) in [4.78, 5) is 3.36. The number of rotatable bonds is 4. The largest absolute Gasteiger partial charge is 0.361 e. The van der Waals surface area contributed by atoms with Crippen molar-refractivity contribution in [2.24, 2.45) is 0 Å². The number of hydrogen-bond donors (Lipinski definition) is 2. The van der Waals surface area contributed by atoms with E-state index in [0.29, 0.717) is 0 Å². The van der Waals surface area contributed by atoms with E-state index < -0.39 is 10.0 Å². The van der Waals surface area contributed by atoms with Crippen LogP contribution in [0.15, 0.2) is 64.1 Å². The van der Waals surface area contributed by atoms with E-state index in [9.17, 15) is 8.42 Å². The van der Waals surface area contributed by atoms with Gasteiger partial charge in [0.2, 0.25) is 10.0 Å². The van der Waals surface area contributed by atoms with Crippen LogP contribution in [0.25, 0.3) is 10.9 Å². The predicted octanol–water partition coefficient (Wildman–Crippen LogP) is 3.41. The van der Waals surface area contributed by atoms with E-state index in [-0.39, 0.29) is 11.4 Å². The molecule has 0 spiro atoms. The van der Waals surface area contributed by atoms with Gasteiger partial charge in [-0.1, -0.05) is 22.0 Å². The number of sulfonamides is 1. The number of aromatic amines is 1. The van der Waals surface area contributed by atoms with Crippen LogP contribution in [0, 0.1) is 0 Å². The summed E-state index contributed by atoms with van der Waals surface area (Å²) < 4.78 is 27.9. The lowest BCUT2D eigenvalue weighted by Crippen LogP contribution is -2.23. The van der Waals surface area contributed by atoms with Crippen LogP contribution >= 0.6 is 15.9 Å². The minimum absolute atomic E-state index is 0.258. The third kappa shape index (κ3) is 3.18. The van der Waals surface area contributed by atoms with Crippen LogP contribution < -0.4 is 4.72 Å². The highest BCUT2D eigenvalue weighted by atomic mass is 79.9. The summed E-state index contributed by atoms with van der Waals surface area (Å²) in [6.07, 6.45) is 1.86. The molecule has 0 unspecified atom stereocenters. The van der Waals surface area contributed by atoms with Gasteiger partial charge in [0.05, 0.1) is 4.90 Å². The van der Waals surface area contributed by atoms with Crippen LogP contribution in [0.1, 0.15) is 5.56 Å². The van der Waals surface area contributed by atoms with Crippen LogP contribution in [-0.2, 0) is 16.6 Å². The molecule has 1 heterocycles. The fraction of sp³-hybridized carbons (Fsp3) is 0.0667. The quantitative estimate of drug-likeness (QED) is 0.744. The second kappa shape index (κ2) is 5.63. The monoisotopic (exact) mass is 364 g/mol. The zero-order valence-corrected chi connectivity index (χ0v) is 13.4. The Morgan fingerprint density at radius 1 is 1.05 bits per heavy atom. The average Bonchev–Trinajstić information content (AvgIpc) is 2.93. The van der Waals surface area contributed by atoms with E-state index in [1.807, 2.05) is 30.5 Å². The maximum Gasteiger partial charge on any atom is 0.240 e. The molecule has 108 valence electrons. The Morgan fingerprint density at radius 2 is 1.81 bits per heavy atom. The maximum absolute atomic E-state index is 12.2. The molecule has 0 aliphatic heterocycles. The first kappa shape index (κ1) is 14.3. The lowest BCUT2D eigenvalue weighted by Gasteiger charge is -2.07. The number of halogens is 1. The summed E-state index contributed by atoms with van der Waals surface area (Å²) in [6, 6.07) is 14.3. The van der Waals surface area contributed by atoms with Crippen molar-refractivity contribution in [3.8, 4) is 0 Å². The van der Waals surface area contributed by atoms with E-state index in [2.05, 4.69) is 25.6 Å². The number of H-pyrrole nitrogens is 1. The Balaban J connectivity index is 1.78. The second-order valence-electron chi connectivity index (χ2n) is 4.68. The zero-order valence-electron chi connectivity index (χ0n) is 11.0. The SMILES string of the molecule is O=S(=O)(NCc1ccc2[nH]ccc2c1)c1ccc(Br)cc1. The first-order chi connectivity index (χ1) is 10.0. The number of aromatic nitrogens is 1. The Kier molecular flexibility index (Phi) is 3.84. The molecule has 6 heteroatoms. The molecular formula is C15H13BrN2O2S. The molecule has 0 amide bonds. The molecule has 0 aliphatic carbocycles.